The molecule has 0 N–H and O–H groups in total. The van der Waals surface area contributed by atoms with Crippen molar-refractivity contribution in [3.05, 3.63) is 108 Å². The third kappa shape index (κ3) is 4.12. The van der Waals surface area contributed by atoms with Crippen LogP contribution in [0.2, 0.25) is 0 Å². The highest BCUT2D eigenvalue weighted by Gasteiger charge is 2.41. The lowest BCUT2D eigenvalue weighted by Gasteiger charge is -2.25. The van der Waals surface area contributed by atoms with Crippen molar-refractivity contribution in [2.24, 2.45) is 0 Å². The van der Waals surface area contributed by atoms with E-state index >= 15 is 0 Å². The first-order chi connectivity index (χ1) is 15.1. The molecule has 0 aliphatic carbocycles. The van der Waals surface area contributed by atoms with Crippen LogP contribution >= 0.6 is 0 Å². The number of halogens is 1. The highest BCUT2D eigenvalue weighted by molar-refractivity contribution is 6.36. The third-order valence-electron chi connectivity index (χ3n) is 5.40. The Labute approximate surface area is 181 Å². The number of carbonyl (C=O) groups is 2. The molecule has 0 saturated heterocycles. The van der Waals surface area contributed by atoms with Gasteiger partial charge < -0.3 is 4.90 Å². The van der Waals surface area contributed by atoms with E-state index in [0.29, 0.717) is 24.2 Å². The molecule has 4 nitrogen and oxygen atoms in total. The third-order valence-corrected chi connectivity index (χ3v) is 5.40. The Morgan fingerprint density at radius 2 is 1.42 bits per heavy atom. The topological polar surface area (TPSA) is 40.6 Å². The number of anilines is 1. The zero-order chi connectivity index (χ0) is 21.8. The maximum absolute atomic E-state index is 13.5. The molecule has 0 atom stereocenters. The van der Waals surface area contributed by atoms with Gasteiger partial charge in [0.15, 0.2) is 0 Å². The fourth-order valence-corrected chi connectivity index (χ4v) is 3.85. The van der Waals surface area contributed by atoms with Gasteiger partial charge in [-0.15, -0.1) is 0 Å². The van der Waals surface area contributed by atoms with Gasteiger partial charge in [-0.25, -0.2) is 4.39 Å². The van der Waals surface area contributed by atoms with E-state index < -0.39 is 0 Å². The molecular formula is C26H23FN2O2. The number of likely N-dealkylation sites (N-methyl/N-ethyl adjacent to an activating group) is 1. The lowest BCUT2D eigenvalue weighted by Crippen LogP contribution is -2.36. The number of para-hydroxylation sites is 1. The molecule has 31 heavy (non-hydrogen) atoms. The molecule has 1 heterocycles. The average Bonchev–Trinajstić information content (AvgIpc) is 3.05. The first kappa shape index (κ1) is 20.5. The van der Waals surface area contributed by atoms with Gasteiger partial charge in [0.25, 0.3) is 11.8 Å². The first-order valence-electron chi connectivity index (χ1n) is 10.3. The van der Waals surface area contributed by atoms with Crippen molar-refractivity contribution in [2.45, 2.75) is 13.3 Å². The molecule has 0 bridgehead atoms. The lowest BCUT2D eigenvalue weighted by atomic mass is 10.0. The molecular weight excluding hydrogens is 391 g/mol. The molecule has 0 radical (unpaired) electrons. The van der Waals surface area contributed by atoms with Gasteiger partial charge in [-0.1, -0.05) is 60.7 Å². The minimum absolute atomic E-state index is 0.232. The average molecular weight is 414 g/mol. The molecule has 3 aromatic rings. The van der Waals surface area contributed by atoms with Crippen molar-refractivity contribution in [3.63, 3.8) is 0 Å². The van der Waals surface area contributed by atoms with Gasteiger partial charge in [0.2, 0.25) is 0 Å². The molecule has 4 rings (SSSR count). The number of amides is 2. The van der Waals surface area contributed by atoms with E-state index in [0.717, 1.165) is 16.8 Å². The minimum Gasteiger partial charge on any atom is -0.337 e. The number of nitrogens with zero attached hydrogens (tertiary/aromatic N) is 2. The maximum Gasteiger partial charge on any atom is 0.278 e. The van der Waals surface area contributed by atoms with Crippen molar-refractivity contribution >= 4 is 23.1 Å². The number of rotatable bonds is 7. The summed E-state index contributed by atoms with van der Waals surface area (Å²) in [6.45, 7) is 2.73. The van der Waals surface area contributed by atoms with E-state index in [2.05, 4.69) is 0 Å². The van der Waals surface area contributed by atoms with Crippen LogP contribution in [0.5, 0.6) is 0 Å². The van der Waals surface area contributed by atoms with Crippen LogP contribution in [-0.4, -0.2) is 29.8 Å². The Hall–Kier alpha value is -3.73. The van der Waals surface area contributed by atoms with Crippen LogP contribution in [0, 0.1) is 5.82 Å². The Morgan fingerprint density at radius 3 is 2.03 bits per heavy atom. The highest BCUT2D eigenvalue weighted by atomic mass is 19.1. The number of imide groups is 1. The number of hydrogen-bond acceptors (Lipinski definition) is 3. The summed E-state index contributed by atoms with van der Waals surface area (Å²) in [5, 5.41) is 0. The van der Waals surface area contributed by atoms with E-state index in [-0.39, 0.29) is 24.2 Å². The second kappa shape index (κ2) is 8.96. The summed E-state index contributed by atoms with van der Waals surface area (Å²) in [6, 6.07) is 25.0. The molecule has 3 aromatic carbocycles. The van der Waals surface area contributed by atoms with Crippen LogP contribution in [0.15, 0.2) is 90.6 Å². The number of benzene rings is 3. The summed E-state index contributed by atoms with van der Waals surface area (Å²) in [5.41, 5.74) is 3.25. The first-order valence-corrected chi connectivity index (χ1v) is 10.3. The summed E-state index contributed by atoms with van der Waals surface area (Å²) in [6.07, 6.45) is 0.463. The van der Waals surface area contributed by atoms with Crippen LogP contribution in [0.4, 0.5) is 10.1 Å². The van der Waals surface area contributed by atoms with Gasteiger partial charge in [0.05, 0.1) is 5.57 Å². The quantitative estimate of drug-likeness (QED) is 0.528. The van der Waals surface area contributed by atoms with Crippen LogP contribution in [0.3, 0.4) is 0 Å². The van der Waals surface area contributed by atoms with E-state index in [1.54, 1.807) is 12.1 Å². The van der Waals surface area contributed by atoms with Crippen molar-refractivity contribution in [2.75, 3.05) is 18.0 Å². The van der Waals surface area contributed by atoms with Gasteiger partial charge >= 0.3 is 0 Å². The molecule has 1 aliphatic rings. The van der Waals surface area contributed by atoms with Gasteiger partial charge in [-0.3, -0.25) is 14.5 Å². The van der Waals surface area contributed by atoms with Crippen molar-refractivity contribution in [3.8, 4) is 0 Å². The molecule has 156 valence electrons. The largest absolute Gasteiger partial charge is 0.337 e. The second-order valence-electron chi connectivity index (χ2n) is 7.31. The smallest absolute Gasteiger partial charge is 0.278 e. The molecule has 0 fully saturated rings. The van der Waals surface area contributed by atoms with Crippen LogP contribution in [0.25, 0.3) is 5.57 Å². The zero-order valence-electron chi connectivity index (χ0n) is 17.3. The van der Waals surface area contributed by atoms with Crippen LogP contribution in [-0.2, 0) is 16.0 Å². The molecule has 0 spiro atoms. The van der Waals surface area contributed by atoms with E-state index in [9.17, 15) is 14.0 Å². The van der Waals surface area contributed by atoms with Crippen molar-refractivity contribution in [1.82, 2.24) is 4.90 Å². The molecule has 0 aromatic heterocycles. The van der Waals surface area contributed by atoms with E-state index in [1.165, 1.54) is 17.0 Å². The SMILES string of the molecule is CCN(C1=C(c2ccccc2)C(=O)N(CCc2ccc(F)cc2)C1=O)c1ccccc1. The Morgan fingerprint density at radius 1 is 0.806 bits per heavy atom. The standard InChI is InChI=1S/C26H23FN2O2/c1-2-28(22-11-7-4-8-12-22)24-23(20-9-5-3-6-10-20)25(30)29(26(24)31)18-17-19-13-15-21(27)16-14-19/h3-16H,2,17-18H2,1H3. The monoisotopic (exact) mass is 414 g/mol. The summed E-state index contributed by atoms with van der Waals surface area (Å²) < 4.78 is 13.2. The summed E-state index contributed by atoms with van der Waals surface area (Å²) in [5.74, 6) is -0.923. The lowest BCUT2D eigenvalue weighted by molar-refractivity contribution is -0.136. The Balaban J connectivity index is 1.71. The molecule has 0 unspecified atom stereocenters. The maximum atomic E-state index is 13.5. The van der Waals surface area contributed by atoms with Crippen molar-refractivity contribution < 1.29 is 14.0 Å². The van der Waals surface area contributed by atoms with E-state index in [1.807, 2.05) is 72.5 Å². The number of hydrogen-bond donors (Lipinski definition) is 0. The highest BCUT2D eigenvalue weighted by Crippen LogP contribution is 2.34. The molecule has 1 aliphatic heterocycles. The predicted octanol–water partition coefficient (Wildman–Crippen LogP) is 4.67. The van der Waals surface area contributed by atoms with Crippen molar-refractivity contribution in [1.29, 1.82) is 0 Å². The number of carbonyl (C=O) groups excluding carboxylic acids is 2. The normalized spacial score (nSPS) is 13.8. The van der Waals surface area contributed by atoms with Gasteiger partial charge in [-0.2, -0.15) is 0 Å². The second-order valence-corrected chi connectivity index (χ2v) is 7.31. The fraction of sp³-hybridized carbons (Fsp3) is 0.154. The zero-order valence-corrected chi connectivity index (χ0v) is 17.3. The summed E-state index contributed by atoms with van der Waals surface area (Å²) in [7, 11) is 0. The van der Waals surface area contributed by atoms with Gasteiger partial charge in [0.1, 0.15) is 11.5 Å². The summed E-state index contributed by atoms with van der Waals surface area (Å²) >= 11 is 0. The van der Waals surface area contributed by atoms with Gasteiger partial charge in [0, 0.05) is 18.8 Å². The summed E-state index contributed by atoms with van der Waals surface area (Å²) in [4.78, 5) is 30.1. The van der Waals surface area contributed by atoms with Gasteiger partial charge in [-0.05, 0) is 48.7 Å². The molecule has 0 saturated carbocycles. The minimum atomic E-state index is -0.311. The predicted molar refractivity (Wildman–Crippen MR) is 120 cm³/mol. The van der Waals surface area contributed by atoms with Crippen LogP contribution in [0.1, 0.15) is 18.1 Å². The van der Waals surface area contributed by atoms with Crippen LogP contribution < -0.4 is 4.90 Å². The van der Waals surface area contributed by atoms with E-state index in [4.69, 9.17) is 0 Å². The molecule has 5 heteroatoms. The molecule has 2 amide bonds. The Kier molecular flexibility index (Phi) is 5.94. The fourth-order valence-electron chi connectivity index (χ4n) is 3.85. The Bertz CT molecular complexity index is 1110.